The average Bonchev–Trinajstić information content (AvgIpc) is 2.80. The third-order valence-corrected chi connectivity index (χ3v) is 3.68. The average molecular weight is 275 g/mol. The second kappa shape index (κ2) is 5.25. The Morgan fingerprint density at radius 1 is 1.35 bits per heavy atom. The Morgan fingerprint density at radius 2 is 2.20 bits per heavy atom. The van der Waals surface area contributed by atoms with Gasteiger partial charge in [-0.15, -0.1) is 0 Å². The van der Waals surface area contributed by atoms with Crippen molar-refractivity contribution in [1.82, 2.24) is 5.32 Å². The lowest BCUT2D eigenvalue weighted by atomic mass is 10.0. The molecule has 20 heavy (non-hydrogen) atoms. The zero-order chi connectivity index (χ0) is 14.1. The molecule has 0 saturated carbocycles. The summed E-state index contributed by atoms with van der Waals surface area (Å²) < 4.78 is 11.1. The molecule has 1 N–H and O–H groups in total. The van der Waals surface area contributed by atoms with Crippen molar-refractivity contribution in [3.05, 3.63) is 29.3 Å². The highest BCUT2D eigenvalue weighted by atomic mass is 16.5. The van der Waals surface area contributed by atoms with E-state index >= 15 is 0 Å². The van der Waals surface area contributed by atoms with Crippen LogP contribution in [0.1, 0.15) is 40.5 Å². The van der Waals surface area contributed by atoms with Gasteiger partial charge in [-0.05, 0) is 38.0 Å². The lowest BCUT2D eigenvalue weighted by Crippen LogP contribution is -2.25. The Hall–Kier alpha value is -1.88. The number of nitrogens with one attached hydrogen (secondary N) is 1. The predicted octanol–water partition coefficient (Wildman–Crippen LogP) is 1.56. The molecule has 1 saturated heterocycles. The van der Waals surface area contributed by atoms with Gasteiger partial charge in [0.1, 0.15) is 18.5 Å². The Balaban J connectivity index is 1.88. The summed E-state index contributed by atoms with van der Waals surface area (Å²) in [5, 5.41) is 2.74. The van der Waals surface area contributed by atoms with Gasteiger partial charge in [0.25, 0.3) is 5.91 Å². The van der Waals surface area contributed by atoms with E-state index in [2.05, 4.69) is 5.32 Å². The van der Waals surface area contributed by atoms with E-state index in [1.807, 2.05) is 6.92 Å². The van der Waals surface area contributed by atoms with Crippen LogP contribution in [0.5, 0.6) is 5.75 Å². The van der Waals surface area contributed by atoms with Crippen molar-refractivity contribution in [3.8, 4) is 5.75 Å². The van der Waals surface area contributed by atoms with Crippen LogP contribution in [0.15, 0.2) is 18.2 Å². The van der Waals surface area contributed by atoms with Crippen molar-refractivity contribution >= 4 is 11.7 Å². The molecule has 2 aliphatic rings. The van der Waals surface area contributed by atoms with Gasteiger partial charge in [-0.3, -0.25) is 9.59 Å². The van der Waals surface area contributed by atoms with E-state index in [1.165, 1.54) is 0 Å². The summed E-state index contributed by atoms with van der Waals surface area (Å²) in [6, 6.07) is 4.99. The summed E-state index contributed by atoms with van der Waals surface area (Å²) in [6.45, 7) is 2.88. The lowest BCUT2D eigenvalue weighted by molar-refractivity contribution is 0.0433. The van der Waals surface area contributed by atoms with Crippen LogP contribution in [0.2, 0.25) is 0 Å². The van der Waals surface area contributed by atoms with Gasteiger partial charge < -0.3 is 14.8 Å². The number of rotatable bonds is 2. The van der Waals surface area contributed by atoms with E-state index in [0.29, 0.717) is 30.0 Å². The highest BCUT2D eigenvalue weighted by Crippen LogP contribution is 2.26. The fourth-order valence-electron chi connectivity index (χ4n) is 2.59. The quantitative estimate of drug-likeness (QED) is 0.832. The standard InChI is InChI=1S/C15H17NO4/c1-9-2-4-13(20-9)14(17)10-3-5-12-11(8-10)15(18)16-6-7-19-12/h3,5,8-9,13H,2,4,6-7H2,1H3,(H,16,18). The molecule has 1 aromatic rings. The molecule has 0 bridgehead atoms. The number of carbonyl (C=O) groups excluding carboxylic acids is 2. The maximum atomic E-state index is 12.4. The number of hydrogen-bond donors (Lipinski definition) is 1. The normalized spacial score (nSPS) is 25.4. The van der Waals surface area contributed by atoms with Crippen molar-refractivity contribution in [3.63, 3.8) is 0 Å². The number of ketones is 1. The SMILES string of the molecule is CC1CCC(C(=O)c2ccc3c(c2)C(=O)NCCO3)O1. The van der Waals surface area contributed by atoms with Crippen molar-refractivity contribution < 1.29 is 19.1 Å². The van der Waals surface area contributed by atoms with Crippen LogP contribution in [0.3, 0.4) is 0 Å². The number of benzene rings is 1. The molecule has 2 atom stereocenters. The van der Waals surface area contributed by atoms with E-state index < -0.39 is 6.10 Å². The van der Waals surface area contributed by atoms with Crippen LogP contribution < -0.4 is 10.1 Å². The van der Waals surface area contributed by atoms with Crippen LogP contribution in [0.4, 0.5) is 0 Å². The van der Waals surface area contributed by atoms with Gasteiger partial charge >= 0.3 is 0 Å². The van der Waals surface area contributed by atoms with Crippen LogP contribution in [0.25, 0.3) is 0 Å². The summed E-state index contributed by atoms with van der Waals surface area (Å²) in [7, 11) is 0. The van der Waals surface area contributed by atoms with Crippen LogP contribution >= 0.6 is 0 Å². The minimum Gasteiger partial charge on any atom is -0.491 e. The number of Topliss-reactive ketones (excluding diaryl/α,β-unsaturated/α-hetero) is 1. The molecule has 2 heterocycles. The van der Waals surface area contributed by atoms with E-state index in [1.54, 1.807) is 18.2 Å². The number of fused-ring (bicyclic) bond motifs is 1. The van der Waals surface area contributed by atoms with Gasteiger partial charge in [0.05, 0.1) is 18.2 Å². The van der Waals surface area contributed by atoms with E-state index in [4.69, 9.17) is 9.47 Å². The van der Waals surface area contributed by atoms with E-state index in [-0.39, 0.29) is 17.8 Å². The molecular weight excluding hydrogens is 258 g/mol. The van der Waals surface area contributed by atoms with Crippen LogP contribution in [0, 0.1) is 0 Å². The predicted molar refractivity (Wildman–Crippen MR) is 72.2 cm³/mol. The highest BCUT2D eigenvalue weighted by molar-refractivity contribution is 6.04. The number of carbonyl (C=O) groups is 2. The van der Waals surface area contributed by atoms with Gasteiger partial charge in [-0.2, -0.15) is 0 Å². The molecule has 3 rings (SSSR count). The molecular formula is C15H17NO4. The first kappa shape index (κ1) is 13.1. The zero-order valence-electron chi connectivity index (χ0n) is 11.3. The first-order valence-corrected chi connectivity index (χ1v) is 6.90. The Morgan fingerprint density at radius 3 is 2.95 bits per heavy atom. The Bertz CT molecular complexity index is 555. The number of ether oxygens (including phenoxy) is 2. The molecule has 0 spiro atoms. The third-order valence-electron chi connectivity index (χ3n) is 3.68. The minimum atomic E-state index is -0.391. The van der Waals surface area contributed by atoms with E-state index in [9.17, 15) is 9.59 Å². The second-order valence-corrected chi connectivity index (χ2v) is 5.19. The van der Waals surface area contributed by atoms with Crippen LogP contribution in [-0.4, -0.2) is 37.0 Å². The third kappa shape index (κ3) is 2.41. The number of amides is 1. The maximum absolute atomic E-state index is 12.4. The van der Waals surface area contributed by atoms with Gasteiger partial charge in [-0.25, -0.2) is 0 Å². The molecule has 1 fully saturated rings. The van der Waals surface area contributed by atoms with Crippen molar-refractivity contribution in [2.75, 3.05) is 13.2 Å². The largest absolute Gasteiger partial charge is 0.491 e. The first-order valence-electron chi connectivity index (χ1n) is 6.90. The smallest absolute Gasteiger partial charge is 0.255 e. The topological polar surface area (TPSA) is 64.6 Å². The summed E-state index contributed by atoms with van der Waals surface area (Å²) >= 11 is 0. The Kier molecular flexibility index (Phi) is 3.44. The summed E-state index contributed by atoms with van der Waals surface area (Å²) in [6.07, 6.45) is 1.36. The highest BCUT2D eigenvalue weighted by Gasteiger charge is 2.30. The summed E-state index contributed by atoms with van der Waals surface area (Å²) in [4.78, 5) is 24.3. The molecule has 106 valence electrons. The summed E-state index contributed by atoms with van der Waals surface area (Å²) in [5.41, 5.74) is 0.919. The van der Waals surface area contributed by atoms with E-state index in [0.717, 1.165) is 12.8 Å². The molecule has 0 aliphatic carbocycles. The zero-order valence-corrected chi connectivity index (χ0v) is 11.3. The van der Waals surface area contributed by atoms with Gasteiger partial charge in [0, 0.05) is 5.56 Å². The summed E-state index contributed by atoms with van der Waals surface area (Å²) in [5.74, 6) is 0.263. The van der Waals surface area contributed by atoms with Gasteiger partial charge in [0.15, 0.2) is 5.78 Å². The number of hydrogen-bond acceptors (Lipinski definition) is 4. The van der Waals surface area contributed by atoms with Crippen molar-refractivity contribution in [2.24, 2.45) is 0 Å². The second-order valence-electron chi connectivity index (χ2n) is 5.19. The van der Waals surface area contributed by atoms with Gasteiger partial charge in [-0.1, -0.05) is 0 Å². The fraction of sp³-hybridized carbons (Fsp3) is 0.467. The Labute approximate surface area is 117 Å². The van der Waals surface area contributed by atoms with Gasteiger partial charge in [0.2, 0.25) is 0 Å². The fourth-order valence-corrected chi connectivity index (χ4v) is 2.59. The molecule has 1 aromatic carbocycles. The van der Waals surface area contributed by atoms with Crippen LogP contribution in [-0.2, 0) is 4.74 Å². The van der Waals surface area contributed by atoms with Crippen molar-refractivity contribution in [2.45, 2.75) is 32.0 Å². The first-order chi connectivity index (χ1) is 9.65. The molecule has 1 amide bonds. The molecule has 2 unspecified atom stereocenters. The molecule has 0 aromatic heterocycles. The molecule has 0 radical (unpaired) electrons. The molecule has 5 heteroatoms. The molecule has 5 nitrogen and oxygen atoms in total. The van der Waals surface area contributed by atoms with Crippen molar-refractivity contribution in [1.29, 1.82) is 0 Å². The lowest BCUT2D eigenvalue weighted by Gasteiger charge is -2.12. The maximum Gasteiger partial charge on any atom is 0.255 e. The molecule has 2 aliphatic heterocycles. The monoisotopic (exact) mass is 275 g/mol. The minimum absolute atomic E-state index is 0.0609.